The summed E-state index contributed by atoms with van der Waals surface area (Å²) in [5.41, 5.74) is 0.688. The maximum absolute atomic E-state index is 9.88. The maximum Gasteiger partial charge on any atom is 0.192 e. The minimum Gasteiger partial charge on any atom is -0.504 e. The maximum atomic E-state index is 9.88. The molecule has 0 aliphatic rings. The second-order valence-electron chi connectivity index (χ2n) is 4.38. The molecule has 0 aliphatic carbocycles. The molecule has 2 rings (SSSR count). The van der Waals surface area contributed by atoms with Crippen LogP contribution in [0.2, 0.25) is 0 Å². The number of hydrogen-bond acceptors (Lipinski definition) is 7. The quantitative estimate of drug-likeness (QED) is 0.818. The molecule has 2 aromatic carbocycles. The van der Waals surface area contributed by atoms with E-state index in [1.54, 1.807) is 24.3 Å². The molecule has 0 heterocycles. The van der Waals surface area contributed by atoms with E-state index in [9.17, 15) is 5.11 Å². The Kier molecular flexibility index (Phi) is 5.24. The fraction of sp³-hybridized carbons (Fsp3) is 0.250. The standard InChI is InChI=1S/C16H18N2O5/c1-20-11-6-5-7-12(21-2)14(11)17-18-15-13(22-3)9-8-10(19)16(15)23-4/h5-9,19H,1-4H3. The zero-order valence-corrected chi connectivity index (χ0v) is 13.4. The van der Waals surface area contributed by atoms with Crippen molar-refractivity contribution in [3.05, 3.63) is 30.3 Å². The molecule has 0 fully saturated rings. The summed E-state index contributed by atoms with van der Waals surface area (Å²) in [6.45, 7) is 0. The highest BCUT2D eigenvalue weighted by Gasteiger charge is 2.16. The number of benzene rings is 2. The van der Waals surface area contributed by atoms with Gasteiger partial charge in [-0.2, -0.15) is 0 Å². The van der Waals surface area contributed by atoms with Crippen LogP contribution < -0.4 is 18.9 Å². The normalized spacial score (nSPS) is 10.6. The van der Waals surface area contributed by atoms with Crippen LogP contribution in [-0.4, -0.2) is 33.5 Å². The number of ether oxygens (including phenoxy) is 4. The number of hydrogen-bond donors (Lipinski definition) is 1. The van der Waals surface area contributed by atoms with E-state index in [1.807, 2.05) is 0 Å². The third-order valence-corrected chi connectivity index (χ3v) is 3.15. The Morgan fingerprint density at radius 1 is 0.696 bits per heavy atom. The van der Waals surface area contributed by atoms with Gasteiger partial charge in [-0.1, -0.05) is 6.07 Å². The van der Waals surface area contributed by atoms with Crippen LogP contribution in [0, 0.1) is 0 Å². The van der Waals surface area contributed by atoms with Gasteiger partial charge in [0.25, 0.3) is 0 Å². The fourth-order valence-electron chi connectivity index (χ4n) is 2.03. The van der Waals surface area contributed by atoms with E-state index in [0.29, 0.717) is 22.9 Å². The Balaban J connectivity index is 2.55. The zero-order chi connectivity index (χ0) is 16.8. The first kappa shape index (κ1) is 16.4. The van der Waals surface area contributed by atoms with Crippen molar-refractivity contribution >= 4 is 11.4 Å². The van der Waals surface area contributed by atoms with Gasteiger partial charge < -0.3 is 24.1 Å². The van der Waals surface area contributed by atoms with Gasteiger partial charge in [0.2, 0.25) is 0 Å². The molecule has 122 valence electrons. The van der Waals surface area contributed by atoms with Crippen LogP contribution in [0.15, 0.2) is 40.6 Å². The molecule has 0 aromatic heterocycles. The minimum atomic E-state index is -0.0609. The van der Waals surface area contributed by atoms with Gasteiger partial charge in [0.1, 0.15) is 11.5 Å². The van der Waals surface area contributed by atoms with Crippen molar-refractivity contribution < 1.29 is 24.1 Å². The number of methoxy groups -OCH3 is 4. The van der Waals surface area contributed by atoms with Crippen LogP contribution in [0.4, 0.5) is 11.4 Å². The predicted octanol–water partition coefficient (Wildman–Crippen LogP) is 3.84. The van der Waals surface area contributed by atoms with E-state index in [4.69, 9.17) is 18.9 Å². The third kappa shape index (κ3) is 3.28. The fourth-order valence-corrected chi connectivity index (χ4v) is 2.03. The first-order chi connectivity index (χ1) is 11.2. The van der Waals surface area contributed by atoms with Crippen molar-refractivity contribution in [1.29, 1.82) is 0 Å². The van der Waals surface area contributed by atoms with E-state index in [1.165, 1.54) is 34.5 Å². The van der Waals surface area contributed by atoms with Crippen molar-refractivity contribution in [2.45, 2.75) is 0 Å². The van der Waals surface area contributed by atoms with Crippen molar-refractivity contribution in [2.75, 3.05) is 28.4 Å². The second-order valence-corrected chi connectivity index (χ2v) is 4.38. The minimum absolute atomic E-state index is 0.0609. The zero-order valence-electron chi connectivity index (χ0n) is 13.4. The van der Waals surface area contributed by atoms with Crippen molar-refractivity contribution in [3.8, 4) is 28.7 Å². The topological polar surface area (TPSA) is 81.9 Å². The molecule has 0 bridgehead atoms. The Labute approximate surface area is 134 Å². The molecule has 7 heteroatoms. The SMILES string of the molecule is COc1cccc(OC)c1N=Nc1c(OC)ccc(O)c1OC. The molecule has 0 saturated heterocycles. The highest BCUT2D eigenvalue weighted by molar-refractivity contribution is 5.68. The molecule has 0 aliphatic heterocycles. The molecule has 7 nitrogen and oxygen atoms in total. The lowest BCUT2D eigenvalue weighted by atomic mass is 10.2. The van der Waals surface area contributed by atoms with Gasteiger partial charge >= 0.3 is 0 Å². The highest BCUT2D eigenvalue weighted by atomic mass is 16.5. The summed E-state index contributed by atoms with van der Waals surface area (Å²) in [5, 5.41) is 18.2. The molecular formula is C16H18N2O5. The summed E-state index contributed by atoms with van der Waals surface area (Å²) in [6, 6.07) is 8.31. The molecular weight excluding hydrogens is 300 g/mol. The number of phenolic OH excluding ortho intramolecular Hbond substituents is 1. The molecule has 0 radical (unpaired) electrons. The lowest BCUT2D eigenvalue weighted by molar-refractivity contribution is 0.366. The van der Waals surface area contributed by atoms with Crippen LogP contribution >= 0.6 is 0 Å². The van der Waals surface area contributed by atoms with Crippen molar-refractivity contribution in [3.63, 3.8) is 0 Å². The molecule has 0 amide bonds. The van der Waals surface area contributed by atoms with Crippen LogP contribution in [0.5, 0.6) is 28.7 Å². The van der Waals surface area contributed by atoms with Gasteiger partial charge in [0, 0.05) is 0 Å². The number of phenols is 1. The Hall–Kier alpha value is -2.96. The van der Waals surface area contributed by atoms with Gasteiger partial charge in [-0.3, -0.25) is 0 Å². The summed E-state index contributed by atoms with van der Waals surface area (Å²) >= 11 is 0. The number of rotatable bonds is 6. The Bertz CT molecular complexity index is 694. The molecule has 0 atom stereocenters. The van der Waals surface area contributed by atoms with Gasteiger partial charge in [-0.25, -0.2) is 0 Å². The summed E-state index contributed by atoms with van der Waals surface area (Å²) in [6.07, 6.45) is 0. The van der Waals surface area contributed by atoms with Crippen molar-refractivity contribution in [1.82, 2.24) is 0 Å². The lowest BCUT2D eigenvalue weighted by Crippen LogP contribution is -1.90. The van der Waals surface area contributed by atoms with Crippen LogP contribution in [-0.2, 0) is 0 Å². The lowest BCUT2D eigenvalue weighted by Gasteiger charge is -2.11. The molecule has 0 unspecified atom stereocenters. The van der Waals surface area contributed by atoms with E-state index in [0.717, 1.165) is 0 Å². The number of nitrogens with zero attached hydrogens (tertiary/aromatic N) is 2. The van der Waals surface area contributed by atoms with E-state index in [2.05, 4.69) is 10.2 Å². The summed E-state index contributed by atoms with van der Waals surface area (Å²) in [4.78, 5) is 0. The largest absolute Gasteiger partial charge is 0.504 e. The monoisotopic (exact) mass is 318 g/mol. The Morgan fingerprint density at radius 2 is 1.22 bits per heavy atom. The molecule has 1 N–H and O–H groups in total. The molecule has 23 heavy (non-hydrogen) atoms. The van der Waals surface area contributed by atoms with Gasteiger partial charge in [-0.15, -0.1) is 10.2 Å². The molecule has 0 spiro atoms. The van der Waals surface area contributed by atoms with Crippen LogP contribution in [0.1, 0.15) is 0 Å². The molecule has 2 aromatic rings. The van der Waals surface area contributed by atoms with Crippen molar-refractivity contribution in [2.24, 2.45) is 10.2 Å². The predicted molar refractivity (Wildman–Crippen MR) is 84.9 cm³/mol. The van der Waals surface area contributed by atoms with E-state index < -0.39 is 0 Å². The summed E-state index contributed by atoms with van der Waals surface area (Å²) in [5.74, 6) is 1.53. The van der Waals surface area contributed by atoms with E-state index >= 15 is 0 Å². The molecule has 0 saturated carbocycles. The smallest absolute Gasteiger partial charge is 0.192 e. The van der Waals surface area contributed by atoms with Gasteiger partial charge in [0.15, 0.2) is 28.6 Å². The van der Waals surface area contributed by atoms with E-state index in [-0.39, 0.29) is 17.2 Å². The van der Waals surface area contributed by atoms with Gasteiger partial charge in [0.05, 0.1) is 28.4 Å². The van der Waals surface area contributed by atoms with Crippen LogP contribution in [0.25, 0.3) is 0 Å². The third-order valence-electron chi connectivity index (χ3n) is 3.15. The number of azo groups is 1. The first-order valence-corrected chi connectivity index (χ1v) is 6.73. The highest BCUT2D eigenvalue weighted by Crippen LogP contribution is 2.45. The second kappa shape index (κ2) is 7.35. The number of aromatic hydroxyl groups is 1. The Morgan fingerprint density at radius 3 is 1.74 bits per heavy atom. The average molecular weight is 318 g/mol. The van der Waals surface area contributed by atoms with Crippen LogP contribution in [0.3, 0.4) is 0 Å². The first-order valence-electron chi connectivity index (χ1n) is 6.73. The average Bonchev–Trinajstić information content (AvgIpc) is 2.59. The summed E-state index contributed by atoms with van der Waals surface area (Å²) < 4.78 is 20.9. The van der Waals surface area contributed by atoms with Gasteiger partial charge in [-0.05, 0) is 24.3 Å². The summed E-state index contributed by atoms with van der Waals surface area (Å²) in [7, 11) is 5.98.